The normalized spacial score (nSPS) is 17.1. The van der Waals surface area contributed by atoms with Gasteiger partial charge in [0.2, 0.25) is 5.91 Å². The van der Waals surface area contributed by atoms with Gasteiger partial charge in [-0.25, -0.2) is 0 Å². The minimum Gasteiger partial charge on any atom is -0.349 e. The number of hydrogen-bond donors (Lipinski definition) is 1. The molecule has 3 aromatic carbocycles. The monoisotopic (exact) mass is 343 g/mol. The summed E-state index contributed by atoms with van der Waals surface area (Å²) in [5, 5.41) is 5.75. The third kappa shape index (κ3) is 2.90. The minimum atomic E-state index is -0.375. The molecule has 1 saturated carbocycles. The maximum absolute atomic E-state index is 13.4. The van der Waals surface area contributed by atoms with Crippen LogP contribution in [0.4, 0.5) is 0 Å². The highest BCUT2D eigenvalue weighted by Gasteiger charge is 2.42. The number of carbonyl (C=O) groups excluding carboxylic acids is 1. The summed E-state index contributed by atoms with van der Waals surface area (Å²) in [5.74, 6) is 0.168. The van der Waals surface area contributed by atoms with Crippen molar-refractivity contribution in [2.45, 2.75) is 44.1 Å². The van der Waals surface area contributed by atoms with Gasteiger partial charge in [0.1, 0.15) is 0 Å². The summed E-state index contributed by atoms with van der Waals surface area (Å²) in [6.07, 6.45) is 4.10. The Labute approximate surface area is 155 Å². The smallest absolute Gasteiger partial charge is 0.231 e. The lowest BCUT2D eigenvalue weighted by atomic mass is 9.77. The van der Waals surface area contributed by atoms with E-state index in [9.17, 15) is 4.79 Å². The van der Waals surface area contributed by atoms with Gasteiger partial charge < -0.3 is 5.32 Å². The molecule has 1 atom stereocenters. The topological polar surface area (TPSA) is 29.1 Å². The number of amides is 1. The maximum Gasteiger partial charge on any atom is 0.231 e. The van der Waals surface area contributed by atoms with Gasteiger partial charge in [-0.15, -0.1) is 0 Å². The van der Waals surface area contributed by atoms with Crippen LogP contribution in [-0.2, 0) is 10.2 Å². The van der Waals surface area contributed by atoms with Crippen molar-refractivity contribution >= 4 is 16.7 Å². The number of hydrogen-bond acceptors (Lipinski definition) is 1. The molecule has 0 spiro atoms. The van der Waals surface area contributed by atoms with E-state index >= 15 is 0 Å². The molecule has 0 bridgehead atoms. The van der Waals surface area contributed by atoms with Gasteiger partial charge in [-0.3, -0.25) is 4.79 Å². The summed E-state index contributed by atoms with van der Waals surface area (Å²) in [4.78, 5) is 13.4. The Kier molecular flexibility index (Phi) is 4.50. The fourth-order valence-electron chi connectivity index (χ4n) is 4.42. The van der Waals surface area contributed by atoms with Crippen molar-refractivity contribution in [1.82, 2.24) is 5.32 Å². The highest BCUT2D eigenvalue weighted by molar-refractivity contribution is 5.90. The molecule has 2 nitrogen and oxygen atoms in total. The summed E-state index contributed by atoms with van der Waals surface area (Å²) >= 11 is 0. The van der Waals surface area contributed by atoms with E-state index in [0.29, 0.717) is 0 Å². The predicted molar refractivity (Wildman–Crippen MR) is 107 cm³/mol. The van der Waals surface area contributed by atoms with Crippen LogP contribution in [0.5, 0.6) is 0 Å². The van der Waals surface area contributed by atoms with Crippen molar-refractivity contribution in [3.8, 4) is 0 Å². The Morgan fingerprint density at radius 3 is 2.31 bits per heavy atom. The Hall–Kier alpha value is -2.61. The molecule has 1 N–H and O–H groups in total. The van der Waals surface area contributed by atoms with Gasteiger partial charge >= 0.3 is 0 Å². The van der Waals surface area contributed by atoms with E-state index in [4.69, 9.17) is 0 Å². The molecular weight excluding hydrogens is 318 g/mol. The van der Waals surface area contributed by atoms with Crippen molar-refractivity contribution in [3.63, 3.8) is 0 Å². The van der Waals surface area contributed by atoms with Gasteiger partial charge in [-0.1, -0.05) is 85.6 Å². The van der Waals surface area contributed by atoms with Crippen molar-refractivity contribution < 1.29 is 4.79 Å². The lowest BCUT2D eigenvalue weighted by Crippen LogP contribution is -2.43. The van der Waals surface area contributed by atoms with E-state index in [0.717, 1.165) is 31.2 Å². The zero-order valence-corrected chi connectivity index (χ0v) is 15.2. The van der Waals surface area contributed by atoms with Crippen LogP contribution in [0.3, 0.4) is 0 Å². The first-order valence-corrected chi connectivity index (χ1v) is 9.55. The van der Waals surface area contributed by atoms with E-state index in [1.54, 1.807) is 0 Å². The quantitative estimate of drug-likeness (QED) is 0.663. The molecular formula is C24H25NO. The van der Waals surface area contributed by atoms with Gasteiger partial charge in [-0.05, 0) is 41.7 Å². The predicted octanol–water partition coefficient (Wildman–Crippen LogP) is 5.53. The molecule has 0 heterocycles. The second kappa shape index (κ2) is 6.95. The highest BCUT2D eigenvalue weighted by atomic mass is 16.2. The molecule has 0 aliphatic heterocycles. The molecule has 2 heteroatoms. The fraction of sp³-hybridized carbons (Fsp3) is 0.292. The first kappa shape index (κ1) is 16.8. The highest BCUT2D eigenvalue weighted by Crippen LogP contribution is 2.41. The summed E-state index contributed by atoms with van der Waals surface area (Å²) in [6.45, 7) is 2.09. The Balaban J connectivity index is 1.64. The van der Waals surface area contributed by atoms with Crippen molar-refractivity contribution in [2.75, 3.05) is 0 Å². The first-order valence-electron chi connectivity index (χ1n) is 9.55. The van der Waals surface area contributed by atoms with Crippen LogP contribution in [-0.4, -0.2) is 5.91 Å². The number of carbonyl (C=O) groups is 1. The molecule has 0 aromatic heterocycles. The van der Waals surface area contributed by atoms with Crippen LogP contribution < -0.4 is 5.32 Å². The Morgan fingerprint density at radius 2 is 1.54 bits per heavy atom. The lowest BCUT2D eigenvalue weighted by molar-refractivity contribution is -0.127. The zero-order valence-electron chi connectivity index (χ0n) is 15.2. The van der Waals surface area contributed by atoms with E-state index in [-0.39, 0.29) is 17.4 Å². The molecule has 1 amide bonds. The molecule has 0 radical (unpaired) electrons. The lowest BCUT2D eigenvalue weighted by Gasteiger charge is -2.30. The summed E-state index contributed by atoms with van der Waals surface area (Å²) < 4.78 is 0. The second-order valence-corrected chi connectivity index (χ2v) is 7.42. The van der Waals surface area contributed by atoms with Crippen LogP contribution in [0.25, 0.3) is 10.8 Å². The molecule has 26 heavy (non-hydrogen) atoms. The molecule has 1 aliphatic carbocycles. The van der Waals surface area contributed by atoms with Crippen LogP contribution in [0.2, 0.25) is 0 Å². The van der Waals surface area contributed by atoms with Gasteiger partial charge in [0.15, 0.2) is 0 Å². The average Bonchev–Trinajstić information content (AvgIpc) is 3.19. The zero-order chi connectivity index (χ0) is 18.0. The van der Waals surface area contributed by atoms with Crippen molar-refractivity contribution in [1.29, 1.82) is 0 Å². The van der Waals surface area contributed by atoms with E-state index in [1.807, 2.05) is 18.2 Å². The molecule has 132 valence electrons. The van der Waals surface area contributed by atoms with Crippen LogP contribution >= 0.6 is 0 Å². The third-order valence-corrected chi connectivity index (χ3v) is 5.86. The van der Waals surface area contributed by atoms with E-state index < -0.39 is 0 Å². The van der Waals surface area contributed by atoms with Gasteiger partial charge in [0.05, 0.1) is 11.5 Å². The second-order valence-electron chi connectivity index (χ2n) is 7.42. The Bertz CT molecular complexity index is 904. The maximum atomic E-state index is 13.4. The molecule has 1 aliphatic rings. The van der Waals surface area contributed by atoms with Gasteiger partial charge in [-0.2, -0.15) is 0 Å². The van der Waals surface area contributed by atoms with Crippen LogP contribution in [0.1, 0.15) is 49.8 Å². The van der Waals surface area contributed by atoms with Crippen molar-refractivity contribution in [2.24, 2.45) is 0 Å². The number of nitrogens with one attached hydrogen (secondary N) is 1. The number of rotatable bonds is 4. The molecule has 3 aromatic rings. The first-order chi connectivity index (χ1) is 12.7. The standard InChI is InChI=1S/C24H25NO/c1-18(21-15-9-11-19-10-5-6-14-22(19)21)25-23(26)24(16-7-8-17-24)20-12-3-2-4-13-20/h2-6,9-15,18H,7-8,16-17H2,1H3,(H,25,26)/t18-/m1/s1. The van der Waals surface area contributed by atoms with Crippen molar-refractivity contribution in [3.05, 3.63) is 83.9 Å². The molecule has 0 unspecified atom stereocenters. The van der Waals surface area contributed by atoms with E-state index in [2.05, 4.69) is 66.8 Å². The van der Waals surface area contributed by atoms with Crippen LogP contribution in [0.15, 0.2) is 72.8 Å². The van der Waals surface area contributed by atoms with E-state index in [1.165, 1.54) is 16.3 Å². The number of benzene rings is 3. The largest absolute Gasteiger partial charge is 0.349 e. The summed E-state index contributed by atoms with van der Waals surface area (Å²) in [5.41, 5.74) is 1.96. The van der Waals surface area contributed by atoms with Crippen LogP contribution in [0, 0.1) is 0 Å². The van der Waals surface area contributed by atoms with Gasteiger partial charge in [0, 0.05) is 0 Å². The molecule has 1 fully saturated rings. The molecule has 0 saturated heterocycles. The SMILES string of the molecule is C[C@@H](NC(=O)C1(c2ccccc2)CCCC1)c1cccc2ccccc12. The molecule has 4 rings (SSSR count). The number of fused-ring (bicyclic) bond motifs is 1. The summed E-state index contributed by atoms with van der Waals surface area (Å²) in [7, 11) is 0. The fourth-order valence-corrected chi connectivity index (χ4v) is 4.42. The minimum absolute atomic E-state index is 0.0187. The van der Waals surface area contributed by atoms with Gasteiger partial charge in [0.25, 0.3) is 0 Å². The average molecular weight is 343 g/mol. The summed E-state index contributed by atoms with van der Waals surface area (Å²) in [6, 6.07) is 25.0. The Morgan fingerprint density at radius 1 is 0.885 bits per heavy atom. The third-order valence-electron chi connectivity index (χ3n) is 5.86.